The minimum Gasteiger partial charge on any atom is -0.375 e. The van der Waals surface area contributed by atoms with E-state index in [2.05, 4.69) is 31.8 Å². The van der Waals surface area contributed by atoms with Crippen LogP contribution < -0.4 is 10.2 Å². The molecule has 0 bridgehead atoms. The van der Waals surface area contributed by atoms with E-state index in [1.807, 2.05) is 31.3 Å². The molecule has 0 fully saturated rings. The molecule has 28 heavy (non-hydrogen) atoms. The van der Waals surface area contributed by atoms with Gasteiger partial charge in [0.15, 0.2) is 5.82 Å². The van der Waals surface area contributed by atoms with Crippen molar-refractivity contribution in [3.8, 4) is 0 Å². The van der Waals surface area contributed by atoms with Gasteiger partial charge in [0, 0.05) is 37.8 Å². The lowest BCUT2D eigenvalue weighted by atomic mass is 10.1. The molecule has 6 nitrogen and oxygen atoms in total. The summed E-state index contributed by atoms with van der Waals surface area (Å²) in [6.07, 6.45) is -0.946. The molecule has 0 spiro atoms. The first-order valence-electron chi connectivity index (χ1n) is 9.30. The van der Waals surface area contributed by atoms with Crippen LogP contribution in [0.3, 0.4) is 0 Å². The van der Waals surface area contributed by atoms with Gasteiger partial charge in [-0.25, -0.2) is 0 Å². The van der Waals surface area contributed by atoms with E-state index in [1.54, 1.807) is 0 Å². The first-order valence-corrected chi connectivity index (χ1v) is 9.30. The number of hydrogen-bond donors (Lipinski definition) is 1. The van der Waals surface area contributed by atoms with Crippen molar-refractivity contribution >= 4 is 17.3 Å². The van der Waals surface area contributed by atoms with Gasteiger partial charge in [0.05, 0.1) is 0 Å². The second kappa shape index (κ2) is 10.1. The summed E-state index contributed by atoms with van der Waals surface area (Å²) in [7, 11) is 2.00. The third-order valence-electron chi connectivity index (χ3n) is 4.33. The summed E-state index contributed by atoms with van der Waals surface area (Å²) < 4.78 is 41.3. The molecule has 9 heteroatoms. The quantitative estimate of drug-likeness (QED) is 0.589. The van der Waals surface area contributed by atoms with Crippen molar-refractivity contribution in [2.75, 3.05) is 23.8 Å². The van der Waals surface area contributed by atoms with Gasteiger partial charge >= 0.3 is 12.1 Å². The second-order valence-electron chi connectivity index (χ2n) is 6.54. The smallest absolute Gasteiger partial charge is 0.375 e. The molecule has 0 atom stereocenters. The topological polar surface area (TPSA) is 71.3 Å². The highest BCUT2D eigenvalue weighted by molar-refractivity contribution is 5.90. The number of carbonyl (C=O) groups is 1. The van der Waals surface area contributed by atoms with Gasteiger partial charge in [-0.05, 0) is 44.0 Å². The van der Waals surface area contributed by atoms with Crippen LogP contribution in [0.4, 0.5) is 24.5 Å². The summed E-state index contributed by atoms with van der Waals surface area (Å²) in [6.45, 7) is 2.97. The fourth-order valence-corrected chi connectivity index (χ4v) is 2.60. The Hall–Kier alpha value is -2.58. The summed E-state index contributed by atoms with van der Waals surface area (Å²) >= 11 is 0. The molecule has 0 aliphatic rings. The van der Waals surface area contributed by atoms with Crippen molar-refractivity contribution in [3.63, 3.8) is 0 Å². The van der Waals surface area contributed by atoms with Gasteiger partial charge in [0.25, 0.3) is 0 Å². The number of amides is 1. The van der Waals surface area contributed by atoms with E-state index in [-0.39, 0.29) is 11.7 Å². The van der Waals surface area contributed by atoms with E-state index in [1.165, 1.54) is 0 Å². The fraction of sp³-hybridized carbons (Fsp3) is 0.526. The molecule has 2 rings (SSSR count). The summed E-state index contributed by atoms with van der Waals surface area (Å²) in [5, 5.41) is 6.19. The molecule has 0 aliphatic carbocycles. The Morgan fingerprint density at radius 3 is 2.43 bits per heavy atom. The van der Waals surface area contributed by atoms with Gasteiger partial charge in [-0.15, -0.1) is 0 Å². The van der Waals surface area contributed by atoms with Crippen LogP contribution in [0.15, 0.2) is 28.8 Å². The minimum absolute atomic E-state index is 0.0513. The molecule has 1 N–H and O–H groups in total. The van der Waals surface area contributed by atoms with Gasteiger partial charge in [0.1, 0.15) is 0 Å². The molecule has 1 aromatic carbocycles. The van der Waals surface area contributed by atoms with Gasteiger partial charge < -0.3 is 14.7 Å². The molecule has 1 heterocycles. The predicted octanol–water partition coefficient (Wildman–Crippen LogP) is 4.68. The fourth-order valence-electron chi connectivity index (χ4n) is 2.60. The third-order valence-corrected chi connectivity index (χ3v) is 4.33. The standard InChI is InChI=1S/C19H25F3N4O2/c1-3-26(2)15-12-10-14(11-13-15)23-17(27)9-7-5-4-6-8-16-24-18(28-25-16)19(20,21)22/h10-13H,3-9H2,1-2H3,(H,23,27). The molecule has 1 aromatic heterocycles. The molecule has 1 amide bonds. The Labute approximate surface area is 162 Å². The van der Waals surface area contributed by atoms with Gasteiger partial charge in [-0.3, -0.25) is 4.79 Å². The highest BCUT2D eigenvalue weighted by Crippen LogP contribution is 2.27. The Morgan fingerprint density at radius 1 is 1.14 bits per heavy atom. The van der Waals surface area contributed by atoms with Crippen molar-refractivity contribution < 1.29 is 22.5 Å². The number of alkyl halides is 3. The van der Waals surface area contributed by atoms with Crippen LogP contribution in [-0.2, 0) is 17.4 Å². The Kier molecular flexibility index (Phi) is 7.83. The van der Waals surface area contributed by atoms with Crippen LogP contribution in [0.1, 0.15) is 50.7 Å². The molecule has 0 radical (unpaired) electrons. The second-order valence-corrected chi connectivity index (χ2v) is 6.54. The lowest BCUT2D eigenvalue weighted by molar-refractivity contribution is -0.159. The first-order chi connectivity index (χ1) is 13.3. The van der Waals surface area contributed by atoms with E-state index >= 15 is 0 Å². The Balaban J connectivity index is 1.60. The average Bonchev–Trinajstić information content (AvgIpc) is 3.14. The molecular formula is C19H25F3N4O2. The van der Waals surface area contributed by atoms with Crippen LogP contribution in [0.2, 0.25) is 0 Å². The highest BCUT2D eigenvalue weighted by atomic mass is 19.4. The number of halogens is 3. The van der Waals surface area contributed by atoms with Crippen LogP contribution >= 0.6 is 0 Å². The molecule has 0 unspecified atom stereocenters. The third kappa shape index (κ3) is 6.86. The van der Waals surface area contributed by atoms with Crippen molar-refractivity contribution in [2.24, 2.45) is 0 Å². The maximum absolute atomic E-state index is 12.4. The van der Waals surface area contributed by atoms with E-state index in [9.17, 15) is 18.0 Å². The van der Waals surface area contributed by atoms with E-state index in [0.717, 1.165) is 30.8 Å². The summed E-state index contributed by atoms with van der Waals surface area (Å²) in [5.74, 6) is -1.31. The van der Waals surface area contributed by atoms with Crippen LogP contribution in [0.25, 0.3) is 0 Å². The van der Waals surface area contributed by atoms with E-state index < -0.39 is 12.1 Å². The molecule has 2 aromatic rings. The normalized spacial score (nSPS) is 11.5. The number of benzene rings is 1. The zero-order valence-electron chi connectivity index (χ0n) is 16.1. The molecular weight excluding hydrogens is 373 g/mol. The molecule has 0 saturated heterocycles. The summed E-state index contributed by atoms with van der Waals surface area (Å²) in [5.41, 5.74) is 1.85. The Morgan fingerprint density at radius 2 is 1.82 bits per heavy atom. The van der Waals surface area contributed by atoms with E-state index in [0.29, 0.717) is 25.7 Å². The predicted molar refractivity (Wildman–Crippen MR) is 100 cm³/mol. The zero-order chi connectivity index (χ0) is 20.6. The SMILES string of the molecule is CCN(C)c1ccc(NC(=O)CCCCCCc2noc(C(F)(F)F)n2)cc1. The lowest BCUT2D eigenvalue weighted by Gasteiger charge is -2.17. The number of unbranched alkanes of at least 4 members (excludes halogenated alkanes) is 3. The van der Waals surface area contributed by atoms with Gasteiger partial charge in [-0.1, -0.05) is 18.0 Å². The number of nitrogens with one attached hydrogen (secondary N) is 1. The monoisotopic (exact) mass is 398 g/mol. The van der Waals surface area contributed by atoms with Crippen LogP contribution in [-0.4, -0.2) is 29.6 Å². The van der Waals surface area contributed by atoms with Crippen molar-refractivity contribution in [1.82, 2.24) is 10.1 Å². The number of aromatic nitrogens is 2. The molecule has 0 saturated carbocycles. The zero-order valence-corrected chi connectivity index (χ0v) is 16.1. The average molecular weight is 398 g/mol. The molecule has 0 aliphatic heterocycles. The van der Waals surface area contributed by atoms with Crippen molar-refractivity contribution in [3.05, 3.63) is 36.0 Å². The number of aryl methyl sites for hydroxylation is 1. The van der Waals surface area contributed by atoms with Crippen LogP contribution in [0.5, 0.6) is 0 Å². The first kappa shape index (κ1) is 21.7. The number of hydrogen-bond acceptors (Lipinski definition) is 5. The number of anilines is 2. The molecule has 154 valence electrons. The highest BCUT2D eigenvalue weighted by Gasteiger charge is 2.38. The largest absolute Gasteiger partial charge is 0.471 e. The van der Waals surface area contributed by atoms with Crippen molar-refractivity contribution in [2.45, 2.75) is 51.6 Å². The lowest BCUT2D eigenvalue weighted by Crippen LogP contribution is -2.16. The summed E-state index contributed by atoms with van der Waals surface area (Å²) in [6, 6.07) is 7.67. The Bertz CT molecular complexity index is 744. The maximum Gasteiger partial charge on any atom is 0.471 e. The number of carbonyl (C=O) groups excluding carboxylic acids is 1. The number of nitrogens with zero attached hydrogens (tertiary/aromatic N) is 3. The van der Waals surface area contributed by atoms with Gasteiger partial charge in [-0.2, -0.15) is 18.2 Å². The van der Waals surface area contributed by atoms with E-state index in [4.69, 9.17) is 0 Å². The van der Waals surface area contributed by atoms with Crippen molar-refractivity contribution in [1.29, 1.82) is 0 Å². The minimum atomic E-state index is -4.61. The van der Waals surface area contributed by atoms with Gasteiger partial charge in [0.2, 0.25) is 5.91 Å². The van der Waals surface area contributed by atoms with Crippen LogP contribution in [0, 0.1) is 0 Å². The number of rotatable bonds is 10. The maximum atomic E-state index is 12.4. The summed E-state index contributed by atoms with van der Waals surface area (Å²) in [4.78, 5) is 17.4.